The van der Waals surface area contributed by atoms with E-state index in [2.05, 4.69) is 6.92 Å². The first-order chi connectivity index (χ1) is 10.1. The Bertz CT molecular complexity index is 295. The molecule has 0 aromatic rings. The number of carbonyl (C=O) groups is 1. The summed E-state index contributed by atoms with van der Waals surface area (Å²) < 4.78 is 0. The lowest BCUT2D eigenvalue weighted by Gasteiger charge is -2.08. The van der Waals surface area contributed by atoms with E-state index < -0.39 is 5.97 Å². The highest BCUT2D eigenvalue weighted by atomic mass is 16.4. The second-order valence-corrected chi connectivity index (χ2v) is 5.94. The van der Waals surface area contributed by atoms with E-state index in [1.807, 2.05) is 0 Å². The highest BCUT2D eigenvalue weighted by Crippen LogP contribution is 2.18. The highest BCUT2D eigenvalue weighted by molar-refractivity contribution is 5.86. The fraction of sp³-hybridized carbons (Fsp3) is 0.833. The maximum absolute atomic E-state index is 11.0. The summed E-state index contributed by atoms with van der Waals surface area (Å²) in [6.45, 7) is 3.92. The largest absolute Gasteiger partial charge is 0.478 e. The van der Waals surface area contributed by atoms with E-state index in [-0.39, 0.29) is 6.61 Å². The molecule has 0 spiro atoms. The molecule has 0 unspecified atom stereocenters. The Hall–Kier alpha value is -0.830. The van der Waals surface area contributed by atoms with Gasteiger partial charge in [0.25, 0.3) is 0 Å². The molecular formula is C18H34O3. The van der Waals surface area contributed by atoms with Crippen molar-refractivity contribution in [3.8, 4) is 0 Å². The molecule has 3 heteroatoms. The Kier molecular flexibility index (Phi) is 13.6. The summed E-state index contributed by atoms with van der Waals surface area (Å²) in [5.74, 6) is -0.856. The fourth-order valence-electron chi connectivity index (χ4n) is 2.61. The van der Waals surface area contributed by atoms with Crippen LogP contribution in [0.1, 0.15) is 90.9 Å². The van der Waals surface area contributed by atoms with Gasteiger partial charge in [0.15, 0.2) is 0 Å². The zero-order valence-corrected chi connectivity index (χ0v) is 14.0. The number of aliphatic hydroxyl groups is 1. The lowest BCUT2D eigenvalue weighted by Crippen LogP contribution is -2.03. The van der Waals surface area contributed by atoms with Crippen molar-refractivity contribution in [3.63, 3.8) is 0 Å². The second-order valence-electron chi connectivity index (χ2n) is 5.94. The SMILES string of the molecule is CCCCCCCCCCCCC(CCO)=C(C)C(=O)O. The molecule has 0 fully saturated rings. The third-order valence-corrected chi connectivity index (χ3v) is 4.10. The molecular weight excluding hydrogens is 264 g/mol. The van der Waals surface area contributed by atoms with Crippen LogP contribution in [0.25, 0.3) is 0 Å². The molecule has 0 aliphatic carbocycles. The van der Waals surface area contributed by atoms with Crippen LogP contribution < -0.4 is 0 Å². The summed E-state index contributed by atoms with van der Waals surface area (Å²) in [6, 6.07) is 0. The Morgan fingerprint density at radius 3 is 1.71 bits per heavy atom. The van der Waals surface area contributed by atoms with Crippen molar-refractivity contribution < 1.29 is 15.0 Å². The number of rotatable bonds is 14. The van der Waals surface area contributed by atoms with E-state index in [9.17, 15) is 4.79 Å². The molecule has 0 saturated heterocycles. The zero-order valence-electron chi connectivity index (χ0n) is 14.0. The summed E-state index contributed by atoms with van der Waals surface area (Å²) in [4.78, 5) is 11.0. The number of carboxylic acid groups (broad SMARTS) is 1. The smallest absolute Gasteiger partial charge is 0.331 e. The second kappa shape index (κ2) is 14.1. The number of hydrogen-bond acceptors (Lipinski definition) is 2. The Morgan fingerprint density at radius 2 is 1.29 bits per heavy atom. The van der Waals surface area contributed by atoms with Crippen LogP contribution in [0.4, 0.5) is 0 Å². The average Bonchev–Trinajstić information content (AvgIpc) is 2.47. The molecule has 124 valence electrons. The molecule has 0 bridgehead atoms. The van der Waals surface area contributed by atoms with Gasteiger partial charge in [0.05, 0.1) is 0 Å². The van der Waals surface area contributed by atoms with Crippen molar-refractivity contribution in [3.05, 3.63) is 11.1 Å². The molecule has 0 heterocycles. The molecule has 0 aliphatic rings. The van der Waals surface area contributed by atoms with Crippen LogP contribution in [-0.2, 0) is 4.79 Å². The fourth-order valence-corrected chi connectivity index (χ4v) is 2.61. The predicted molar refractivity (Wildman–Crippen MR) is 88.5 cm³/mol. The average molecular weight is 298 g/mol. The van der Waals surface area contributed by atoms with Gasteiger partial charge in [0.2, 0.25) is 0 Å². The van der Waals surface area contributed by atoms with Gasteiger partial charge in [-0.2, -0.15) is 0 Å². The number of aliphatic hydroxyl groups excluding tert-OH is 1. The molecule has 0 radical (unpaired) electrons. The highest BCUT2D eigenvalue weighted by Gasteiger charge is 2.08. The Balaban J connectivity index is 3.64. The van der Waals surface area contributed by atoms with Crippen LogP contribution in [0.3, 0.4) is 0 Å². The maximum Gasteiger partial charge on any atom is 0.331 e. The lowest BCUT2D eigenvalue weighted by atomic mass is 9.98. The van der Waals surface area contributed by atoms with Gasteiger partial charge in [0.1, 0.15) is 0 Å². The topological polar surface area (TPSA) is 57.5 Å². The number of aliphatic carboxylic acids is 1. The van der Waals surface area contributed by atoms with Crippen molar-refractivity contribution in [2.45, 2.75) is 90.9 Å². The normalized spacial score (nSPS) is 12.3. The van der Waals surface area contributed by atoms with Crippen LogP contribution in [0.15, 0.2) is 11.1 Å². The summed E-state index contributed by atoms with van der Waals surface area (Å²) in [5.41, 5.74) is 1.32. The van der Waals surface area contributed by atoms with Crippen molar-refractivity contribution in [1.29, 1.82) is 0 Å². The molecule has 0 atom stereocenters. The van der Waals surface area contributed by atoms with Gasteiger partial charge >= 0.3 is 5.97 Å². The van der Waals surface area contributed by atoms with Crippen LogP contribution in [0.5, 0.6) is 0 Å². The van der Waals surface area contributed by atoms with E-state index in [4.69, 9.17) is 10.2 Å². The van der Waals surface area contributed by atoms with Gasteiger partial charge in [-0.15, -0.1) is 0 Å². The van der Waals surface area contributed by atoms with Crippen LogP contribution in [0.2, 0.25) is 0 Å². The van der Waals surface area contributed by atoms with E-state index in [1.54, 1.807) is 6.92 Å². The minimum Gasteiger partial charge on any atom is -0.478 e. The summed E-state index contributed by atoms with van der Waals surface area (Å²) in [6.07, 6.45) is 14.1. The first-order valence-corrected chi connectivity index (χ1v) is 8.66. The molecule has 0 amide bonds. The number of unbranched alkanes of at least 4 members (excludes halogenated alkanes) is 9. The van der Waals surface area contributed by atoms with Crippen LogP contribution in [-0.4, -0.2) is 22.8 Å². The standard InChI is InChI=1S/C18H34O3/c1-3-4-5-6-7-8-9-10-11-12-13-17(14-15-19)16(2)18(20)21/h19H,3-15H2,1-2H3,(H,20,21). The van der Waals surface area contributed by atoms with Crippen LogP contribution >= 0.6 is 0 Å². The minimum absolute atomic E-state index is 0.0394. The summed E-state index contributed by atoms with van der Waals surface area (Å²) in [7, 11) is 0. The third-order valence-electron chi connectivity index (χ3n) is 4.10. The molecule has 0 aromatic heterocycles. The van der Waals surface area contributed by atoms with Crippen LogP contribution in [0, 0.1) is 0 Å². The van der Waals surface area contributed by atoms with Gasteiger partial charge < -0.3 is 10.2 Å². The zero-order chi connectivity index (χ0) is 15.9. The molecule has 0 aromatic carbocycles. The molecule has 2 N–H and O–H groups in total. The molecule has 0 saturated carbocycles. The van der Waals surface area contributed by atoms with Gasteiger partial charge in [-0.3, -0.25) is 0 Å². The maximum atomic E-state index is 11.0. The van der Waals surface area contributed by atoms with Crippen molar-refractivity contribution in [2.24, 2.45) is 0 Å². The van der Waals surface area contributed by atoms with E-state index >= 15 is 0 Å². The number of carboxylic acids is 1. The van der Waals surface area contributed by atoms with Gasteiger partial charge in [-0.1, -0.05) is 70.3 Å². The van der Waals surface area contributed by atoms with Crippen molar-refractivity contribution >= 4 is 5.97 Å². The van der Waals surface area contributed by atoms with Crippen molar-refractivity contribution in [2.75, 3.05) is 6.61 Å². The molecule has 21 heavy (non-hydrogen) atoms. The summed E-state index contributed by atoms with van der Waals surface area (Å²) >= 11 is 0. The van der Waals surface area contributed by atoms with E-state index in [0.29, 0.717) is 12.0 Å². The predicted octanol–water partition coefficient (Wildman–Crippen LogP) is 5.08. The van der Waals surface area contributed by atoms with Gasteiger partial charge in [-0.05, 0) is 26.2 Å². The lowest BCUT2D eigenvalue weighted by molar-refractivity contribution is -0.132. The Morgan fingerprint density at radius 1 is 0.810 bits per heavy atom. The number of hydrogen-bond donors (Lipinski definition) is 2. The van der Waals surface area contributed by atoms with Gasteiger partial charge in [0, 0.05) is 12.2 Å². The Labute approximate surface area is 130 Å². The van der Waals surface area contributed by atoms with E-state index in [1.165, 1.54) is 51.4 Å². The quantitative estimate of drug-likeness (QED) is 0.347. The first kappa shape index (κ1) is 20.2. The van der Waals surface area contributed by atoms with E-state index in [0.717, 1.165) is 24.8 Å². The molecule has 0 rings (SSSR count). The monoisotopic (exact) mass is 298 g/mol. The minimum atomic E-state index is -0.856. The summed E-state index contributed by atoms with van der Waals surface area (Å²) in [5, 5.41) is 18.0. The third kappa shape index (κ3) is 11.5. The molecule has 3 nitrogen and oxygen atoms in total. The first-order valence-electron chi connectivity index (χ1n) is 8.66. The van der Waals surface area contributed by atoms with Gasteiger partial charge in [-0.25, -0.2) is 4.79 Å². The molecule has 0 aliphatic heterocycles. The van der Waals surface area contributed by atoms with Crippen molar-refractivity contribution in [1.82, 2.24) is 0 Å².